The Kier molecular flexibility index (Phi) is 10.3. The van der Waals surface area contributed by atoms with Crippen LogP contribution in [0.5, 0.6) is 0 Å². The van der Waals surface area contributed by atoms with Gasteiger partial charge in [0.1, 0.15) is 0 Å². The van der Waals surface area contributed by atoms with E-state index in [2.05, 4.69) is 37.1 Å². The van der Waals surface area contributed by atoms with Crippen molar-refractivity contribution in [1.29, 1.82) is 0 Å². The number of hydrogen-bond acceptors (Lipinski definition) is 5. The number of rotatable bonds is 12. The van der Waals surface area contributed by atoms with Crippen molar-refractivity contribution < 1.29 is 14.3 Å². The molecule has 0 atom stereocenters. The highest BCUT2D eigenvalue weighted by molar-refractivity contribution is 7.81. The molecule has 0 rings (SSSR count). The van der Waals surface area contributed by atoms with Gasteiger partial charge >= 0.3 is 0 Å². The van der Waals surface area contributed by atoms with Crippen molar-refractivity contribution in [2.45, 2.75) is 51.7 Å². The van der Waals surface area contributed by atoms with Gasteiger partial charge in [-0.05, 0) is 54.1 Å². The number of amides is 1. The Balaban J connectivity index is 3.80. The molecular weight excluding hydrogens is 288 g/mol. The molecule has 2 N–H and O–H groups in total. The molecule has 21 heavy (non-hydrogen) atoms. The lowest BCUT2D eigenvalue weighted by Crippen LogP contribution is -2.35. The number of hydrogen-bond donors (Lipinski definition) is 3. The van der Waals surface area contributed by atoms with Gasteiger partial charge in [0.15, 0.2) is 0 Å². The first kappa shape index (κ1) is 20.7. The van der Waals surface area contributed by atoms with Crippen LogP contribution in [0, 0.1) is 0 Å². The van der Waals surface area contributed by atoms with E-state index in [0.29, 0.717) is 19.8 Å². The van der Waals surface area contributed by atoms with E-state index in [1.165, 1.54) is 0 Å². The summed E-state index contributed by atoms with van der Waals surface area (Å²) < 4.78 is 11.7. The van der Waals surface area contributed by atoms with Gasteiger partial charge in [-0.3, -0.25) is 4.79 Å². The summed E-state index contributed by atoms with van der Waals surface area (Å²) in [6.07, 6.45) is 1.72. The summed E-state index contributed by atoms with van der Waals surface area (Å²) in [6, 6.07) is 0. The zero-order chi connectivity index (χ0) is 16.4. The second-order valence-electron chi connectivity index (χ2n) is 6.33. The Bertz CT molecular complexity index is 297. The Morgan fingerprint density at radius 2 is 1.48 bits per heavy atom. The summed E-state index contributed by atoms with van der Waals surface area (Å²) >= 11 is 3.92. The van der Waals surface area contributed by atoms with Crippen molar-refractivity contribution in [3.8, 4) is 0 Å². The molecule has 0 aromatic carbocycles. The number of carbonyl (C=O) groups is 1. The molecule has 0 heterocycles. The van der Waals surface area contributed by atoms with Crippen LogP contribution in [0.4, 0.5) is 0 Å². The normalized spacial score (nSPS) is 12.5. The molecule has 0 bridgehead atoms. The maximum Gasteiger partial charge on any atom is 0.229 e. The summed E-state index contributed by atoms with van der Waals surface area (Å²) in [7, 11) is 1.94. The number of nitrogens with one attached hydrogen (secondary N) is 2. The summed E-state index contributed by atoms with van der Waals surface area (Å²) in [5, 5.41) is 5.92. The van der Waals surface area contributed by atoms with Crippen LogP contribution in [0.1, 0.15) is 40.5 Å². The molecule has 0 aromatic heterocycles. The van der Waals surface area contributed by atoms with E-state index in [1.807, 2.05) is 20.9 Å². The second-order valence-corrected chi connectivity index (χ2v) is 6.64. The monoisotopic (exact) mass is 320 g/mol. The SMILES string of the molecule is CNCCC(C)(C)OCCOC(C)(C)CCNC(=O)CS. The Morgan fingerprint density at radius 3 is 1.90 bits per heavy atom. The summed E-state index contributed by atoms with van der Waals surface area (Å²) in [5.41, 5.74) is -0.417. The van der Waals surface area contributed by atoms with Gasteiger partial charge in [0.2, 0.25) is 5.91 Å². The van der Waals surface area contributed by atoms with E-state index in [9.17, 15) is 4.79 Å². The lowest BCUT2D eigenvalue weighted by atomic mass is 10.1. The number of carbonyl (C=O) groups excluding carboxylic acids is 1. The smallest absolute Gasteiger partial charge is 0.229 e. The molecule has 0 aliphatic carbocycles. The average Bonchev–Trinajstić information content (AvgIpc) is 2.41. The molecule has 0 spiro atoms. The molecule has 0 radical (unpaired) electrons. The van der Waals surface area contributed by atoms with Crippen molar-refractivity contribution in [1.82, 2.24) is 10.6 Å². The van der Waals surface area contributed by atoms with Crippen molar-refractivity contribution in [3.63, 3.8) is 0 Å². The molecule has 5 nitrogen and oxygen atoms in total. The molecular formula is C15H32N2O3S. The largest absolute Gasteiger partial charge is 0.373 e. The van der Waals surface area contributed by atoms with Crippen LogP contribution in [0.15, 0.2) is 0 Å². The minimum atomic E-state index is -0.275. The standard InChI is InChI=1S/C15H32N2O3S/c1-14(2,6-8-16-5)19-10-11-20-15(3,4)7-9-17-13(18)12-21/h16,21H,6-12H2,1-5H3,(H,17,18). The first-order chi connectivity index (χ1) is 9.72. The lowest BCUT2D eigenvalue weighted by molar-refractivity contribution is -0.119. The third-order valence-electron chi connectivity index (χ3n) is 3.24. The first-order valence-electron chi connectivity index (χ1n) is 7.52. The minimum Gasteiger partial charge on any atom is -0.373 e. The van der Waals surface area contributed by atoms with Crippen molar-refractivity contribution >= 4 is 18.5 Å². The Labute approximate surface area is 134 Å². The quantitative estimate of drug-likeness (QED) is 0.378. The van der Waals surface area contributed by atoms with Crippen molar-refractivity contribution in [2.75, 3.05) is 39.1 Å². The number of ether oxygens (including phenoxy) is 2. The highest BCUT2D eigenvalue weighted by Gasteiger charge is 2.20. The minimum absolute atomic E-state index is 0.0521. The van der Waals surface area contributed by atoms with Crippen LogP contribution in [0.3, 0.4) is 0 Å². The topological polar surface area (TPSA) is 59.6 Å². The molecule has 126 valence electrons. The molecule has 0 saturated heterocycles. The molecule has 1 amide bonds. The van der Waals surface area contributed by atoms with Gasteiger partial charge in [-0.1, -0.05) is 0 Å². The highest BCUT2D eigenvalue weighted by Crippen LogP contribution is 2.16. The lowest BCUT2D eigenvalue weighted by Gasteiger charge is -2.28. The fourth-order valence-corrected chi connectivity index (χ4v) is 1.88. The van der Waals surface area contributed by atoms with Crippen molar-refractivity contribution in [3.05, 3.63) is 0 Å². The van der Waals surface area contributed by atoms with Gasteiger partial charge in [-0.25, -0.2) is 0 Å². The first-order valence-corrected chi connectivity index (χ1v) is 8.16. The molecule has 0 aromatic rings. The van der Waals surface area contributed by atoms with Gasteiger partial charge in [0, 0.05) is 6.54 Å². The fraction of sp³-hybridized carbons (Fsp3) is 0.933. The van der Waals surface area contributed by atoms with E-state index in [-0.39, 0.29) is 22.9 Å². The van der Waals surface area contributed by atoms with Gasteiger partial charge < -0.3 is 20.1 Å². The van der Waals surface area contributed by atoms with Crippen LogP contribution >= 0.6 is 12.6 Å². The van der Waals surface area contributed by atoms with E-state index < -0.39 is 0 Å². The maximum absolute atomic E-state index is 11.1. The molecule has 0 fully saturated rings. The zero-order valence-electron chi connectivity index (χ0n) is 14.1. The third kappa shape index (κ3) is 12.0. The zero-order valence-corrected chi connectivity index (χ0v) is 15.0. The molecule has 0 saturated carbocycles. The van der Waals surface area contributed by atoms with E-state index >= 15 is 0 Å². The highest BCUT2D eigenvalue weighted by atomic mass is 32.1. The predicted molar refractivity (Wildman–Crippen MR) is 90.1 cm³/mol. The van der Waals surface area contributed by atoms with E-state index in [4.69, 9.17) is 9.47 Å². The molecule has 0 aliphatic heterocycles. The van der Waals surface area contributed by atoms with Gasteiger partial charge in [0.25, 0.3) is 0 Å². The fourth-order valence-electron chi connectivity index (χ4n) is 1.77. The van der Waals surface area contributed by atoms with Crippen LogP contribution in [0.25, 0.3) is 0 Å². The molecule has 0 unspecified atom stereocenters. The summed E-state index contributed by atoms with van der Waals surface area (Å²) in [4.78, 5) is 11.1. The van der Waals surface area contributed by atoms with Crippen molar-refractivity contribution in [2.24, 2.45) is 0 Å². The third-order valence-corrected chi connectivity index (χ3v) is 3.53. The summed E-state index contributed by atoms with van der Waals surface area (Å²) in [6.45, 7) is 10.9. The maximum atomic E-state index is 11.1. The van der Waals surface area contributed by atoms with Crippen LogP contribution in [-0.2, 0) is 14.3 Å². The summed E-state index contributed by atoms with van der Waals surface area (Å²) in [5.74, 6) is 0.167. The second kappa shape index (κ2) is 10.4. The van der Waals surface area contributed by atoms with E-state index in [0.717, 1.165) is 19.4 Å². The molecule has 6 heteroatoms. The Morgan fingerprint density at radius 1 is 1.00 bits per heavy atom. The van der Waals surface area contributed by atoms with Crippen LogP contribution in [-0.4, -0.2) is 56.2 Å². The van der Waals surface area contributed by atoms with Gasteiger partial charge in [0.05, 0.1) is 30.2 Å². The van der Waals surface area contributed by atoms with Gasteiger partial charge in [-0.15, -0.1) is 0 Å². The van der Waals surface area contributed by atoms with Crippen LogP contribution < -0.4 is 10.6 Å². The van der Waals surface area contributed by atoms with E-state index in [1.54, 1.807) is 0 Å². The Hall–Kier alpha value is -0.300. The molecule has 0 aliphatic rings. The predicted octanol–water partition coefficient (Wildman–Crippen LogP) is 1.62. The van der Waals surface area contributed by atoms with Gasteiger partial charge in [-0.2, -0.15) is 12.6 Å². The number of thiol groups is 1. The average molecular weight is 320 g/mol. The van der Waals surface area contributed by atoms with Crippen LogP contribution in [0.2, 0.25) is 0 Å².